The van der Waals surface area contributed by atoms with Gasteiger partial charge < -0.3 is 4.90 Å². The molecule has 3 rings (SSSR count). The van der Waals surface area contributed by atoms with Gasteiger partial charge in [0, 0.05) is 24.8 Å². The Bertz CT molecular complexity index is 574. The minimum atomic E-state index is -1.57. The number of carbonyl (C=O) groups is 1. The Labute approximate surface area is 110 Å². The Hall–Kier alpha value is -1.95. The molecule has 6 nitrogen and oxygen atoms in total. The highest BCUT2D eigenvalue weighted by Crippen LogP contribution is 2.59. The zero-order chi connectivity index (χ0) is 13.8. The summed E-state index contributed by atoms with van der Waals surface area (Å²) >= 11 is 0. The Morgan fingerprint density at radius 2 is 2.11 bits per heavy atom. The van der Waals surface area contributed by atoms with E-state index in [4.69, 9.17) is 0 Å². The lowest BCUT2D eigenvalue weighted by atomic mass is 9.98. The van der Waals surface area contributed by atoms with Crippen LogP contribution in [-0.2, 0) is 4.79 Å². The number of fused-ring (bicyclic) bond motifs is 3. The molecule has 0 bridgehead atoms. The molecule has 100 valence electrons. The van der Waals surface area contributed by atoms with Gasteiger partial charge in [-0.2, -0.15) is 0 Å². The van der Waals surface area contributed by atoms with Crippen molar-refractivity contribution >= 4 is 11.6 Å². The van der Waals surface area contributed by atoms with Gasteiger partial charge in [0.2, 0.25) is 0 Å². The van der Waals surface area contributed by atoms with Crippen molar-refractivity contribution in [2.24, 2.45) is 0 Å². The molecule has 1 fully saturated rings. The van der Waals surface area contributed by atoms with E-state index in [-0.39, 0.29) is 0 Å². The third-order valence-corrected chi connectivity index (χ3v) is 4.02. The van der Waals surface area contributed by atoms with Crippen molar-refractivity contribution in [3.63, 3.8) is 0 Å². The first kappa shape index (κ1) is 12.1. The van der Waals surface area contributed by atoms with Gasteiger partial charge in [0.15, 0.2) is 0 Å². The van der Waals surface area contributed by atoms with E-state index in [0.29, 0.717) is 6.54 Å². The van der Waals surface area contributed by atoms with Crippen LogP contribution in [0.2, 0.25) is 0 Å². The molecule has 2 heterocycles. The molecule has 1 saturated heterocycles. The third kappa shape index (κ3) is 1.26. The molecule has 3 atom stereocenters. The maximum atomic E-state index is 12.4. The van der Waals surface area contributed by atoms with Crippen molar-refractivity contribution in [2.45, 2.75) is 25.0 Å². The van der Waals surface area contributed by atoms with Crippen LogP contribution in [0.3, 0.4) is 0 Å². The maximum Gasteiger partial charge on any atom is 0.376 e. The molecule has 0 spiro atoms. The SMILES string of the molecule is CCCN1[C@@H]2c3ccccc3N(C)C(=O)[C@@]21[N+](=O)[O-]. The minimum absolute atomic E-state index is 0.414. The Morgan fingerprint density at radius 1 is 1.42 bits per heavy atom. The molecule has 6 heteroatoms. The van der Waals surface area contributed by atoms with Gasteiger partial charge in [0.05, 0.1) is 4.92 Å². The summed E-state index contributed by atoms with van der Waals surface area (Å²) in [6, 6.07) is 6.99. The number of rotatable bonds is 3. The number of amides is 1. The molecule has 19 heavy (non-hydrogen) atoms. The predicted molar refractivity (Wildman–Crippen MR) is 69.3 cm³/mol. The normalized spacial score (nSPS) is 31.7. The van der Waals surface area contributed by atoms with Crippen LogP contribution in [0, 0.1) is 10.1 Å². The summed E-state index contributed by atoms with van der Waals surface area (Å²) in [7, 11) is 1.60. The summed E-state index contributed by atoms with van der Waals surface area (Å²) in [5, 5.41) is 11.5. The molecule has 1 aromatic rings. The fourth-order valence-corrected chi connectivity index (χ4v) is 3.16. The molecule has 0 aromatic heterocycles. The summed E-state index contributed by atoms with van der Waals surface area (Å²) < 4.78 is 0. The number of hydrogen-bond donors (Lipinski definition) is 0. The number of nitro groups is 1. The average Bonchev–Trinajstić information content (AvgIpc) is 3.07. The highest BCUT2D eigenvalue weighted by Gasteiger charge is 2.82. The van der Waals surface area contributed by atoms with E-state index in [2.05, 4.69) is 0 Å². The van der Waals surface area contributed by atoms with E-state index >= 15 is 0 Å². The van der Waals surface area contributed by atoms with Crippen molar-refractivity contribution < 1.29 is 9.72 Å². The molecule has 1 unspecified atom stereocenters. The number of nitrogens with zero attached hydrogens (tertiary/aromatic N) is 3. The first-order chi connectivity index (χ1) is 9.06. The predicted octanol–water partition coefficient (Wildman–Crippen LogP) is 1.40. The van der Waals surface area contributed by atoms with Crippen LogP contribution in [-0.4, -0.2) is 35.0 Å². The van der Waals surface area contributed by atoms with E-state index in [0.717, 1.165) is 17.7 Å². The number of carbonyl (C=O) groups excluding carboxylic acids is 1. The van der Waals surface area contributed by atoms with Crippen LogP contribution in [0.5, 0.6) is 0 Å². The highest BCUT2D eigenvalue weighted by molar-refractivity contribution is 6.05. The minimum Gasteiger partial charge on any atom is -0.308 e. The van der Waals surface area contributed by atoms with Crippen molar-refractivity contribution in [1.82, 2.24) is 4.90 Å². The second-order valence-electron chi connectivity index (χ2n) is 5.00. The molecular formula is C13H15N3O3. The lowest BCUT2D eigenvalue weighted by molar-refractivity contribution is -0.535. The van der Waals surface area contributed by atoms with Crippen LogP contribution in [0.15, 0.2) is 24.3 Å². The Balaban J connectivity index is 2.16. The van der Waals surface area contributed by atoms with Gasteiger partial charge in [-0.3, -0.25) is 14.9 Å². The first-order valence-corrected chi connectivity index (χ1v) is 6.35. The van der Waals surface area contributed by atoms with Crippen LogP contribution >= 0.6 is 0 Å². The topological polar surface area (TPSA) is 66.5 Å². The smallest absolute Gasteiger partial charge is 0.308 e. The van der Waals surface area contributed by atoms with Gasteiger partial charge in [0.25, 0.3) is 0 Å². The molecule has 0 N–H and O–H groups in total. The second kappa shape index (κ2) is 3.77. The largest absolute Gasteiger partial charge is 0.376 e. The first-order valence-electron chi connectivity index (χ1n) is 6.35. The highest BCUT2D eigenvalue weighted by atomic mass is 16.6. The zero-order valence-corrected chi connectivity index (χ0v) is 10.9. The number of likely N-dealkylation sites (N-methyl/N-ethyl adjacent to an activating group) is 1. The van der Waals surface area contributed by atoms with E-state index in [9.17, 15) is 14.9 Å². The van der Waals surface area contributed by atoms with E-state index in [1.165, 1.54) is 4.90 Å². The van der Waals surface area contributed by atoms with Gasteiger partial charge >= 0.3 is 11.6 Å². The van der Waals surface area contributed by atoms with Gasteiger partial charge in [-0.15, -0.1) is 0 Å². The van der Waals surface area contributed by atoms with Crippen molar-refractivity contribution in [1.29, 1.82) is 0 Å². The molecule has 0 saturated carbocycles. The van der Waals surface area contributed by atoms with Gasteiger partial charge in [-0.25, -0.2) is 4.90 Å². The fourth-order valence-electron chi connectivity index (χ4n) is 3.16. The second-order valence-corrected chi connectivity index (χ2v) is 5.00. The standard InChI is InChI=1S/C13H15N3O3/c1-3-8-15-11-9-6-4-5-7-10(9)14(2)12(17)13(11,15)16(18)19/h4-7,11H,3,8H2,1-2H3/t11-,13+,15?/m1/s1. The number of hydrogen-bond acceptors (Lipinski definition) is 4. The van der Waals surface area contributed by atoms with E-state index in [1.807, 2.05) is 31.2 Å². The van der Waals surface area contributed by atoms with Crippen molar-refractivity contribution in [2.75, 3.05) is 18.5 Å². The van der Waals surface area contributed by atoms with Crippen molar-refractivity contribution in [3.05, 3.63) is 39.9 Å². The Kier molecular flexibility index (Phi) is 2.40. The molecule has 2 aliphatic rings. The van der Waals surface area contributed by atoms with Gasteiger partial charge in [0.1, 0.15) is 6.04 Å². The summed E-state index contributed by atoms with van der Waals surface area (Å²) in [5.41, 5.74) is 0.0716. The number of anilines is 1. The molecule has 1 amide bonds. The van der Waals surface area contributed by atoms with E-state index < -0.39 is 22.5 Å². The molecule has 0 aliphatic carbocycles. The van der Waals surface area contributed by atoms with Gasteiger partial charge in [-0.1, -0.05) is 25.1 Å². The number of para-hydroxylation sites is 1. The lowest BCUT2D eigenvalue weighted by Gasteiger charge is -2.25. The molecular weight excluding hydrogens is 246 g/mol. The monoisotopic (exact) mass is 261 g/mol. The quantitative estimate of drug-likeness (QED) is 0.468. The summed E-state index contributed by atoms with van der Waals surface area (Å²) in [5.74, 6) is -0.436. The molecule has 2 aliphatic heterocycles. The zero-order valence-electron chi connectivity index (χ0n) is 10.9. The van der Waals surface area contributed by atoms with Crippen LogP contribution in [0.25, 0.3) is 0 Å². The van der Waals surface area contributed by atoms with Gasteiger partial charge in [-0.05, 0) is 12.5 Å². The third-order valence-electron chi connectivity index (χ3n) is 4.02. The van der Waals surface area contributed by atoms with E-state index in [1.54, 1.807) is 11.9 Å². The summed E-state index contributed by atoms with van der Waals surface area (Å²) in [4.78, 5) is 26.6. The van der Waals surface area contributed by atoms with Crippen LogP contribution < -0.4 is 4.90 Å². The fraction of sp³-hybridized carbons (Fsp3) is 0.462. The maximum absolute atomic E-state index is 12.4. The van der Waals surface area contributed by atoms with Crippen LogP contribution in [0.1, 0.15) is 24.9 Å². The number of benzene rings is 1. The lowest BCUT2D eigenvalue weighted by Crippen LogP contribution is -2.49. The summed E-state index contributed by atoms with van der Waals surface area (Å²) in [6.07, 6.45) is 0.783. The average molecular weight is 261 g/mol. The molecule has 1 aromatic carbocycles. The van der Waals surface area contributed by atoms with Crippen LogP contribution in [0.4, 0.5) is 5.69 Å². The summed E-state index contributed by atoms with van der Waals surface area (Å²) in [6.45, 7) is 2.51. The Morgan fingerprint density at radius 3 is 2.74 bits per heavy atom. The van der Waals surface area contributed by atoms with Crippen molar-refractivity contribution in [3.8, 4) is 0 Å². The molecule has 0 radical (unpaired) electrons.